The van der Waals surface area contributed by atoms with Crippen LogP contribution >= 0.6 is 0 Å². The van der Waals surface area contributed by atoms with Crippen molar-refractivity contribution in [1.82, 2.24) is 0 Å². The van der Waals surface area contributed by atoms with Gasteiger partial charge in [0.2, 0.25) is 5.91 Å². The molecule has 3 heteroatoms. The number of anilines is 1. The van der Waals surface area contributed by atoms with Crippen LogP contribution in [0, 0.1) is 0 Å². The van der Waals surface area contributed by atoms with Crippen LogP contribution in [0.15, 0.2) is 18.2 Å². The molecule has 1 amide bonds. The van der Waals surface area contributed by atoms with Gasteiger partial charge >= 0.3 is 0 Å². The molecule has 0 bridgehead atoms. The van der Waals surface area contributed by atoms with E-state index in [4.69, 9.17) is 5.73 Å². The second kappa shape index (κ2) is 6.55. The lowest BCUT2D eigenvalue weighted by Gasteiger charge is -2.19. The van der Waals surface area contributed by atoms with E-state index in [-0.39, 0.29) is 5.91 Å². The van der Waals surface area contributed by atoms with Gasteiger partial charge < -0.3 is 11.1 Å². The number of nitrogens with one attached hydrogen (secondary N) is 1. The number of amides is 1. The van der Waals surface area contributed by atoms with Crippen molar-refractivity contribution in [1.29, 1.82) is 0 Å². The van der Waals surface area contributed by atoms with Crippen molar-refractivity contribution in [2.45, 2.75) is 44.9 Å². The highest BCUT2D eigenvalue weighted by Crippen LogP contribution is 2.27. The Kier molecular flexibility index (Phi) is 4.76. The van der Waals surface area contributed by atoms with Gasteiger partial charge in [0.1, 0.15) is 0 Å². The van der Waals surface area contributed by atoms with E-state index in [1.54, 1.807) is 0 Å². The van der Waals surface area contributed by atoms with Crippen molar-refractivity contribution in [2.75, 3.05) is 11.9 Å². The first-order valence-corrected chi connectivity index (χ1v) is 6.92. The Balaban J connectivity index is 1.98. The number of aryl methyl sites for hydroxylation is 1. The highest BCUT2D eigenvalue weighted by Gasteiger charge is 2.14. The van der Waals surface area contributed by atoms with Gasteiger partial charge in [0.15, 0.2) is 0 Å². The molecule has 2 rings (SSSR count). The molecule has 3 nitrogen and oxygen atoms in total. The fourth-order valence-corrected chi connectivity index (χ4v) is 2.54. The van der Waals surface area contributed by atoms with Crippen LogP contribution in [0.4, 0.5) is 5.69 Å². The third kappa shape index (κ3) is 3.33. The van der Waals surface area contributed by atoms with Crippen LogP contribution < -0.4 is 11.1 Å². The van der Waals surface area contributed by atoms with Crippen molar-refractivity contribution in [3.8, 4) is 0 Å². The molecule has 18 heavy (non-hydrogen) atoms. The van der Waals surface area contributed by atoms with Crippen LogP contribution in [0.25, 0.3) is 0 Å². The predicted octanol–water partition coefficient (Wildman–Crippen LogP) is 2.63. The van der Waals surface area contributed by atoms with E-state index in [1.807, 2.05) is 12.1 Å². The van der Waals surface area contributed by atoms with Crippen molar-refractivity contribution in [2.24, 2.45) is 5.73 Å². The summed E-state index contributed by atoms with van der Waals surface area (Å²) in [6.07, 6.45) is 7.09. The van der Waals surface area contributed by atoms with E-state index < -0.39 is 0 Å². The van der Waals surface area contributed by atoms with E-state index in [2.05, 4.69) is 11.4 Å². The standard InChI is InChI=1S/C15H22N2O/c16-11-4-3-10-15(18)17-14-9-5-7-12-6-1-2-8-13(12)14/h5,7,9H,1-4,6,8,10-11,16H2,(H,17,18). The van der Waals surface area contributed by atoms with Gasteiger partial charge in [0.25, 0.3) is 0 Å². The number of fused-ring (bicyclic) bond motifs is 1. The highest BCUT2D eigenvalue weighted by molar-refractivity contribution is 5.91. The zero-order chi connectivity index (χ0) is 12.8. The maximum atomic E-state index is 11.8. The summed E-state index contributed by atoms with van der Waals surface area (Å²) in [5.74, 6) is 0.113. The normalized spacial score (nSPS) is 14.1. The SMILES string of the molecule is NCCCCC(=O)Nc1cccc2c1CCCC2. The van der Waals surface area contributed by atoms with E-state index in [1.165, 1.54) is 24.0 Å². The Morgan fingerprint density at radius 3 is 2.89 bits per heavy atom. The lowest BCUT2D eigenvalue weighted by Crippen LogP contribution is -2.15. The summed E-state index contributed by atoms with van der Waals surface area (Å²) in [6, 6.07) is 6.24. The Hall–Kier alpha value is -1.35. The maximum absolute atomic E-state index is 11.8. The van der Waals surface area contributed by atoms with Crippen LogP contribution in [0.2, 0.25) is 0 Å². The molecule has 1 aromatic rings. The maximum Gasteiger partial charge on any atom is 0.224 e. The van der Waals surface area contributed by atoms with Gasteiger partial charge in [-0.15, -0.1) is 0 Å². The van der Waals surface area contributed by atoms with E-state index in [0.29, 0.717) is 13.0 Å². The molecular formula is C15H22N2O. The Bertz CT molecular complexity index is 415. The number of nitrogens with two attached hydrogens (primary N) is 1. The molecule has 0 saturated carbocycles. The summed E-state index contributed by atoms with van der Waals surface area (Å²) < 4.78 is 0. The van der Waals surface area contributed by atoms with Gasteiger partial charge in [0.05, 0.1) is 0 Å². The molecule has 1 aliphatic carbocycles. The van der Waals surface area contributed by atoms with Gasteiger partial charge in [-0.05, 0) is 62.3 Å². The molecule has 0 spiro atoms. The number of unbranched alkanes of at least 4 members (excludes halogenated alkanes) is 1. The van der Waals surface area contributed by atoms with E-state index >= 15 is 0 Å². The van der Waals surface area contributed by atoms with Gasteiger partial charge in [-0.25, -0.2) is 0 Å². The third-order valence-corrected chi connectivity index (χ3v) is 3.53. The first kappa shape index (κ1) is 13.1. The molecular weight excluding hydrogens is 224 g/mol. The second-order valence-corrected chi connectivity index (χ2v) is 4.94. The van der Waals surface area contributed by atoms with Gasteiger partial charge in [0, 0.05) is 12.1 Å². The number of benzene rings is 1. The molecule has 0 fully saturated rings. The summed E-state index contributed by atoms with van der Waals surface area (Å²) >= 11 is 0. The van der Waals surface area contributed by atoms with E-state index in [0.717, 1.165) is 31.4 Å². The van der Waals surface area contributed by atoms with Crippen LogP contribution in [0.1, 0.15) is 43.2 Å². The summed E-state index contributed by atoms with van der Waals surface area (Å²) in [5, 5.41) is 3.05. The van der Waals surface area contributed by atoms with Gasteiger partial charge in [-0.3, -0.25) is 4.79 Å². The molecule has 1 aromatic carbocycles. The second-order valence-electron chi connectivity index (χ2n) is 4.94. The fraction of sp³-hybridized carbons (Fsp3) is 0.533. The quantitative estimate of drug-likeness (QED) is 0.785. The van der Waals surface area contributed by atoms with Crippen LogP contribution in [-0.4, -0.2) is 12.5 Å². The number of carbonyl (C=O) groups is 1. The van der Waals surface area contributed by atoms with Crippen molar-refractivity contribution in [3.05, 3.63) is 29.3 Å². The average Bonchev–Trinajstić information content (AvgIpc) is 2.39. The minimum atomic E-state index is 0.113. The molecule has 0 saturated heterocycles. The van der Waals surface area contributed by atoms with Crippen LogP contribution in [-0.2, 0) is 17.6 Å². The average molecular weight is 246 g/mol. The molecule has 0 aromatic heterocycles. The molecule has 3 N–H and O–H groups in total. The predicted molar refractivity (Wildman–Crippen MR) is 74.6 cm³/mol. The Morgan fingerprint density at radius 2 is 2.06 bits per heavy atom. The van der Waals surface area contributed by atoms with Gasteiger partial charge in [-0.1, -0.05) is 12.1 Å². The molecule has 0 atom stereocenters. The molecule has 98 valence electrons. The highest BCUT2D eigenvalue weighted by atomic mass is 16.1. The van der Waals surface area contributed by atoms with Crippen molar-refractivity contribution in [3.63, 3.8) is 0 Å². The minimum absolute atomic E-state index is 0.113. The Morgan fingerprint density at radius 1 is 1.22 bits per heavy atom. The summed E-state index contributed by atoms with van der Waals surface area (Å²) in [7, 11) is 0. The summed E-state index contributed by atoms with van der Waals surface area (Å²) in [4.78, 5) is 11.8. The smallest absolute Gasteiger partial charge is 0.224 e. The molecule has 0 radical (unpaired) electrons. The topological polar surface area (TPSA) is 55.1 Å². The number of rotatable bonds is 5. The number of hydrogen-bond donors (Lipinski definition) is 2. The largest absolute Gasteiger partial charge is 0.330 e. The monoisotopic (exact) mass is 246 g/mol. The molecule has 1 aliphatic rings. The molecule has 0 unspecified atom stereocenters. The molecule has 0 heterocycles. The fourth-order valence-electron chi connectivity index (χ4n) is 2.54. The summed E-state index contributed by atoms with van der Waals surface area (Å²) in [6.45, 7) is 0.661. The Labute approximate surface area is 109 Å². The first-order valence-electron chi connectivity index (χ1n) is 6.92. The lowest BCUT2D eigenvalue weighted by molar-refractivity contribution is -0.116. The first-order chi connectivity index (χ1) is 8.81. The van der Waals surface area contributed by atoms with E-state index in [9.17, 15) is 4.79 Å². The van der Waals surface area contributed by atoms with Crippen molar-refractivity contribution >= 4 is 11.6 Å². The summed E-state index contributed by atoms with van der Waals surface area (Å²) in [5.41, 5.74) is 9.19. The zero-order valence-electron chi connectivity index (χ0n) is 10.9. The lowest BCUT2D eigenvalue weighted by atomic mass is 9.90. The zero-order valence-corrected chi connectivity index (χ0v) is 10.9. The third-order valence-electron chi connectivity index (χ3n) is 3.53. The minimum Gasteiger partial charge on any atom is -0.330 e. The number of carbonyl (C=O) groups excluding carboxylic acids is 1. The van der Waals surface area contributed by atoms with Crippen LogP contribution in [0.5, 0.6) is 0 Å². The van der Waals surface area contributed by atoms with Crippen molar-refractivity contribution < 1.29 is 4.79 Å². The van der Waals surface area contributed by atoms with Crippen LogP contribution in [0.3, 0.4) is 0 Å². The number of hydrogen-bond acceptors (Lipinski definition) is 2. The van der Waals surface area contributed by atoms with Gasteiger partial charge in [-0.2, -0.15) is 0 Å². The molecule has 0 aliphatic heterocycles.